The molecule has 2 aromatic rings. The van der Waals surface area contributed by atoms with Gasteiger partial charge in [-0.1, -0.05) is 36.4 Å². The van der Waals surface area contributed by atoms with Gasteiger partial charge in [0.15, 0.2) is 0 Å². The fraction of sp³-hybridized carbons (Fsp3) is 0.300. The van der Waals surface area contributed by atoms with Crippen LogP contribution in [0.2, 0.25) is 0 Å². The van der Waals surface area contributed by atoms with Crippen molar-refractivity contribution in [2.45, 2.75) is 23.8 Å². The van der Waals surface area contributed by atoms with E-state index in [2.05, 4.69) is 15.4 Å². The molecular weight excluding hydrogens is 392 g/mol. The molecule has 1 saturated heterocycles. The molecule has 1 heterocycles. The summed E-state index contributed by atoms with van der Waals surface area (Å²) >= 11 is 0. The number of sulfonamides is 1. The van der Waals surface area contributed by atoms with E-state index >= 15 is 0 Å². The van der Waals surface area contributed by atoms with E-state index in [4.69, 9.17) is 0 Å². The molecule has 0 aromatic heterocycles. The van der Waals surface area contributed by atoms with Gasteiger partial charge in [0.1, 0.15) is 0 Å². The van der Waals surface area contributed by atoms with E-state index in [1.54, 1.807) is 17.0 Å². The van der Waals surface area contributed by atoms with Crippen LogP contribution in [0.3, 0.4) is 0 Å². The number of benzene rings is 2. The van der Waals surface area contributed by atoms with E-state index in [0.717, 1.165) is 12.0 Å². The van der Waals surface area contributed by atoms with E-state index < -0.39 is 16.1 Å². The van der Waals surface area contributed by atoms with Crippen LogP contribution in [-0.4, -0.2) is 45.4 Å². The molecule has 1 aliphatic rings. The van der Waals surface area contributed by atoms with Crippen molar-refractivity contribution in [2.24, 2.45) is 0 Å². The fourth-order valence-electron chi connectivity index (χ4n) is 3.22. The lowest BCUT2D eigenvalue weighted by Gasteiger charge is -2.25. The first kappa shape index (κ1) is 20.8. The molecule has 3 N–H and O–H groups in total. The topological polar surface area (TPSA) is 108 Å². The highest BCUT2D eigenvalue weighted by molar-refractivity contribution is 7.89. The Labute approximate surface area is 170 Å². The number of carbonyl (C=O) groups excluding carboxylic acids is 2. The molecule has 0 spiro atoms. The van der Waals surface area contributed by atoms with E-state index in [9.17, 15) is 18.0 Å². The summed E-state index contributed by atoms with van der Waals surface area (Å²) in [4.78, 5) is 26.4. The Kier molecular flexibility index (Phi) is 6.50. The number of urea groups is 1. The fourth-order valence-corrected chi connectivity index (χ4v) is 4.00. The number of rotatable bonds is 7. The minimum Gasteiger partial charge on any atom is -0.340 e. The highest BCUT2D eigenvalue weighted by Gasteiger charge is 2.25. The van der Waals surface area contributed by atoms with Gasteiger partial charge in [0.2, 0.25) is 15.9 Å². The number of likely N-dealkylation sites (tertiary alicyclic amines) is 1. The Hall–Kier alpha value is -2.91. The molecule has 0 saturated carbocycles. The first-order valence-corrected chi connectivity index (χ1v) is 10.8. The summed E-state index contributed by atoms with van der Waals surface area (Å²) in [6.07, 6.45) is 1.35. The maximum absolute atomic E-state index is 12.6. The summed E-state index contributed by atoms with van der Waals surface area (Å²) < 4.78 is 26.1. The van der Waals surface area contributed by atoms with Gasteiger partial charge in [-0.15, -0.1) is 0 Å². The standard InChI is InChI=1S/C20H24N4O4S/c1-21-29(27,28)17-10-5-9-16(13-17)22-20(26)23-18(15-7-3-2-4-8-15)14-24-12-6-11-19(24)25/h2-5,7-10,13,18,21H,6,11-12,14H2,1H3,(H2,22,23,26)/t18-/m1/s1. The first-order chi connectivity index (χ1) is 13.9. The summed E-state index contributed by atoms with van der Waals surface area (Å²) in [7, 11) is -2.28. The number of nitrogens with one attached hydrogen (secondary N) is 3. The molecule has 0 radical (unpaired) electrons. The molecule has 1 aliphatic heterocycles. The molecule has 29 heavy (non-hydrogen) atoms. The molecule has 3 rings (SSSR count). The van der Waals surface area contributed by atoms with Gasteiger partial charge >= 0.3 is 6.03 Å². The second kappa shape index (κ2) is 9.06. The molecule has 8 nitrogen and oxygen atoms in total. The lowest BCUT2D eigenvalue weighted by atomic mass is 10.1. The minimum atomic E-state index is -3.61. The summed E-state index contributed by atoms with van der Waals surface area (Å²) in [6, 6.07) is 14.5. The highest BCUT2D eigenvalue weighted by Crippen LogP contribution is 2.19. The van der Waals surface area contributed by atoms with Crippen molar-refractivity contribution in [3.05, 3.63) is 60.2 Å². The van der Waals surface area contributed by atoms with Gasteiger partial charge in [0, 0.05) is 25.2 Å². The van der Waals surface area contributed by atoms with Gasteiger partial charge in [-0.05, 0) is 37.2 Å². The molecule has 3 amide bonds. The Morgan fingerprint density at radius 1 is 1.14 bits per heavy atom. The average molecular weight is 417 g/mol. The Bertz CT molecular complexity index is 979. The smallest absolute Gasteiger partial charge is 0.319 e. The van der Waals surface area contributed by atoms with Crippen LogP contribution in [0.5, 0.6) is 0 Å². The number of anilines is 1. The lowest BCUT2D eigenvalue weighted by molar-refractivity contribution is -0.128. The Morgan fingerprint density at radius 2 is 1.90 bits per heavy atom. The summed E-state index contributed by atoms with van der Waals surface area (Å²) in [6.45, 7) is 1.06. The third-order valence-electron chi connectivity index (χ3n) is 4.75. The van der Waals surface area contributed by atoms with Crippen molar-refractivity contribution >= 4 is 27.6 Å². The van der Waals surface area contributed by atoms with Crippen molar-refractivity contribution in [1.29, 1.82) is 0 Å². The highest BCUT2D eigenvalue weighted by atomic mass is 32.2. The van der Waals surface area contributed by atoms with Crippen molar-refractivity contribution < 1.29 is 18.0 Å². The number of hydrogen-bond acceptors (Lipinski definition) is 4. The van der Waals surface area contributed by atoms with Crippen LogP contribution in [0, 0.1) is 0 Å². The van der Waals surface area contributed by atoms with Crippen LogP contribution in [0.15, 0.2) is 59.5 Å². The number of amides is 3. The van der Waals surface area contributed by atoms with E-state index in [0.29, 0.717) is 25.2 Å². The van der Waals surface area contributed by atoms with Crippen LogP contribution in [-0.2, 0) is 14.8 Å². The number of carbonyl (C=O) groups is 2. The molecule has 1 fully saturated rings. The quantitative estimate of drug-likeness (QED) is 0.642. The van der Waals surface area contributed by atoms with Crippen LogP contribution in [0.1, 0.15) is 24.4 Å². The summed E-state index contributed by atoms with van der Waals surface area (Å²) in [5, 5.41) is 5.56. The normalized spacial score (nSPS) is 15.2. The second-order valence-electron chi connectivity index (χ2n) is 6.74. The van der Waals surface area contributed by atoms with Crippen molar-refractivity contribution in [3.63, 3.8) is 0 Å². The maximum Gasteiger partial charge on any atom is 0.319 e. The van der Waals surface area contributed by atoms with Gasteiger partial charge in [-0.2, -0.15) is 0 Å². The Balaban J connectivity index is 1.73. The van der Waals surface area contributed by atoms with E-state index in [1.165, 1.54) is 19.2 Å². The molecule has 0 aliphatic carbocycles. The summed E-state index contributed by atoms with van der Waals surface area (Å²) in [5.74, 6) is 0.0816. The molecule has 0 bridgehead atoms. The molecule has 9 heteroatoms. The second-order valence-corrected chi connectivity index (χ2v) is 8.63. The zero-order valence-electron chi connectivity index (χ0n) is 16.1. The number of nitrogens with zero attached hydrogens (tertiary/aromatic N) is 1. The average Bonchev–Trinajstić information content (AvgIpc) is 3.13. The minimum absolute atomic E-state index is 0.0556. The molecule has 2 aromatic carbocycles. The van der Waals surface area contributed by atoms with Crippen LogP contribution in [0.25, 0.3) is 0 Å². The number of hydrogen-bond donors (Lipinski definition) is 3. The molecular formula is C20H24N4O4S. The third-order valence-corrected chi connectivity index (χ3v) is 6.16. The zero-order chi connectivity index (χ0) is 20.9. The summed E-state index contributed by atoms with van der Waals surface area (Å²) in [5.41, 5.74) is 1.23. The Morgan fingerprint density at radius 3 is 2.55 bits per heavy atom. The van der Waals surface area contributed by atoms with E-state index in [-0.39, 0.29) is 16.8 Å². The van der Waals surface area contributed by atoms with Crippen LogP contribution >= 0.6 is 0 Å². The zero-order valence-corrected chi connectivity index (χ0v) is 16.9. The molecule has 1 atom stereocenters. The molecule has 154 valence electrons. The predicted molar refractivity (Wildman–Crippen MR) is 110 cm³/mol. The lowest BCUT2D eigenvalue weighted by Crippen LogP contribution is -2.40. The SMILES string of the molecule is CNS(=O)(=O)c1cccc(NC(=O)N[C@H](CN2CCCC2=O)c2ccccc2)c1. The van der Waals surface area contributed by atoms with Gasteiger partial charge in [0.05, 0.1) is 10.9 Å². The first-order valence-electron chi connectivity index (χ1n) is 9.33. The third kappa shape index (κ3) is 5.33. The van der Waals surface area contributed by atoms with E-state index in [1.807, 2.05) is 30.3 Å². The van der Waals surface area contributed by atoms with Gasteiger partial charge in [0.25, 0.3) is 0 Å². The molecule has 0 unspecified atom stereocenters. The maximum atomic E-state index is 12.6. The van der Waals surface area contributed by atoms with Crippen molar-refractivity contribution in [3.8, 4) is 0 Å². The van der Waals surface area contributed by atoms with Gasteiger partial charge < -0.3 is 15.5 Å². The largest absolute Gasteiger partial charge is 0.340 e. The van der Waals surface area contributed by atoms with Crippen molar-refractivity contribution in [1.82, 2.24) is 14.9 Å². The van der Waals surface area contributed by atoms with Crippen LogP contribution < -0.4 is 15.4 Å². The predicted octanol–water partition coefficient (Wildman–Crippen LogP) is 2.08. The monoisotopic (exact) mass is 416 g/mol. The van der Waals surface area contributed by atoms with Gasteiger partial charge in [-0.3, -0.25) is 4.79 Å². The van der Waals surface area contributed by atoms with Crippen molar-refractivity contribution in [2.75, 3.05) is 25.5 Å². The van der Waals surface area contributed by atoms with Gasteiger partial charge in [-0.25, -0.2) is 17.9 Å². The van der Waals surface area contributed by atoms with Crippen LogP contribution in [0.4, 0.5) is 10.5 Å².